The lowest BCUT2D eigenvalue weighted by atomic mass is 10.1. The number of nitrogens with two attached hydrogens (primary N) is 2. The molecule has 0 atom stereocenters. The molecule has 2 aromatic rings. The van der Waals surface area contributed by atoms with Gasteiger partial charge in [-0.2, -0.15) is 0 Å². The van der Waals surface area contributed by atoms with Gasteiger partial charge in [-0.1, -0.05) is 17.3 Å². The van der Waals surface area contributed by atoms with Gasteiger partial charge in [-0.25, -0.2) is 0 Å². The Morgan fingerprint density at radius 2 is 2.24 bits per heavy atom. The summed E-state index contributed by atoms with van der Waals surface area (Å²) < 4.78 is 0. The van der Waals surface area contributed by atoms with Crippen LogP contribution in [0.5, 0.6) is 0 Å². The summed E-state index contributed by atoms with van der Waals surface area (Å²) in [5.74, 6) is -0.589. The molecule has 5 N–H and O–H groups in total. The first kappa shape index (κ1) is 11.1. The van der Waals surface area contributed by atoms with Gasteiger partial charge in [0, 0.05) is 12.1 Å². The van der Waals surface area contributed by atoms with Crippen LogP contribution in [0.4, 0.5) is 5.69 Å². The number of benzene rings is 1. The maximum absolute atomic E-state index is 11.1. The summed E-state index contributed by atoms with van der Waals surface area (Å²) in [5, 5.41) is 9.88. The molecule has 0 aliphatic heterocycles. The Hall–Kier alpha value is -2.37. The van der Waals surface area contributed by atoms with Crippen molar-refractivity contribution in [3.05, 3.63) is 40.7 Å². The van der Waals surface area contributed by atoms with Crippen molar-refractivity contribution in [1.29, 1.82) is 0 Å². The van der Waals surface area contributed by atoms with E-state index in [0.29, 0.717) is 12.1 Å². The number of rotatable bonds is 3. The molecule has 0 fully saturated rings. The fourth-order valence-corrected chi connectivity index (χ4v) is 1.57. The molecule has 6 heteroatoms. The number of aromatic nitrogens is 3. The molecule has 0 saturated carbocycles. The van der Waals surface area contributed by atoms with Crippen molar-refractivity contribution < 1.29 is 4.79 Å². The third kappa shape index (κ3) is 2.25. The van der Waals surface area contributed by atoms with E-state index in [-0.39, 0.29) is 5.69 Å². The summed E-state index contributed by atoms with van der Waals surface area (Å²) in [7, 11) is 0. The molecular formula is C11H13N5O. The molecule has 88 valence electrons. The number of hydrogen-bond donors (Lipinski definition) is 3. The van der Waals surface area contributed by atoms with E-state index < -0.39 is 5.91 Å². The number of aryl methyl sites for hydroxylation is 1. The highest BCUT2D eigenvalue weighted by Crippen LogP contribution is 2.16. The van der Waals surface area contributed by atoms with Gasteiger partial charge in [0.2, 0.25) is 0 Å². The number of carbonyl (C=O) groups is 1. The molecule has 0 spiro atoms. The predicted octanol–water partition coefficient (Wildman–Crippen LogP) is 0.385. The van der Waals surface area contributed by atoms with E-state index >= 15 is 0 Å². The van der Waals surface area contributed by atoms with Crippen LogP contribution < -0.4 is 11.5 Å². The van der Waals surface area contributed by atoms with Crippen LogP contribution in [0, 0.1) is 6.92 Å². The van der Waals surface area contributed by atoms with Gasteiger partial charge in [0.1, 0.15) is 0 Å². The number of H-pyrrole nitrogens is 1. The largest absolute Gasteiger partial charge is 0.399 e. The van der Waals surface area contributed by atoms with Gasteiger partial charge in [0.15, 0.2) is 5.69 Å². The third-order valence-electron chi connectivity index (χ3n) is 2.58. The number of primary amides is 1. The Kier molecular flexibility index (Phi) is 2.78. The van der Waals surface area contributed by atoms with Crippen LogP contribution in [-0.2, 0) is 6.42 Å². The molecule has 1 aromatic carbocycles. The van der Waals surface area contributed by atoms with Crippen molar-refractivity contribution in [3.63, 3.8) is 0 Å². The van der Waals surface area contributed by atoms with Crippen LogP contribution >= 0.6 is 0 Å². The number of nitrogen functional groups attached to an aromatic ring is 1. The maximum Gasteiger partial charge on any atom is 0.271 e. The number of amides is 1. The van der Waals surface area contributed by atoms with Gasteiger partial charge in [-0.05, 0) is 24.1 Å². The van der Waals surface area contributed by atoms with E-state index in [1.807, 2.05) is 25.1 Å². The van der Waals surface area contributed by atoms with Crippen molar-refractivity contribution in [3.8, 4) is 0 Å². The molecule has 17 heavy (non-hydrogen) atoms. The van der Waals surface area contributed by atoms with Crippen LogP contribution in [0.25, 0.3) is 0 Å². The van der Waals surface area contributed by atoms with Crippen LogP contribution in [0.3, 0.4) is 0 Å². The summed E-state index contributed by atoms with van der Waals surface area (Å²) in [6, 6.07) is 5.73. The number of anilines is 1. The molecule has 0 radical (unpaired) electrons. The van der Waals surface area contributed by atoms with Crippen molar-refractivity contribution in [2.24, 2.45) is 5.73 Å². The molecule has 0 aliphatic carbocycles. The Morgan fingerprint density at radius 1 is 1.47 bits per heavy atom. The topological polar surface area (TPSA) is 111 Å². The van der Waals surface area contributed by atoms with E-state index in [0.717, 1.165) is 16.8 Å². The summed E-state index contributed by atoms with van der Waals surface area (Å²) in [6.45, 7) is 1.94. The van der Waals surface area contributed by atoms with Crippen molar-refractivity contribution >= 4 is 11.6 Å². The standard InChI is InChI=1S/C11H13N5O/c1-6-2-3-7(4-8(6)12)5-9-10(11(13)17)15-16-14-9/h2-4H,5,12H2,1H3,(H2,13,17)(H,14,15,16). The average molecular weight is 231 g/mol. The fourth-order valence-electron chi connectivity index (χ4n) is 1.57. The SMILES string of the molecule is Cc1ccc(Cc2[nH]nnc2C(N)=O)cc1N. The van der Waals surface area contributed by atoms with Crippen LogP contribution in [0.15, 0.2) is 18.2 Å². The van der Waals surface area contributed by atoms with Gasteiger partial charge >= 0.3 is 0 Å². The van der Waals surface area contributed by atoms with Gasteiger partial charge in [0.25, 0.3) is 5.91 Å². The minimum Gasteiger partial charge on any atom is -0.399 e. The molecule has 6 nitrogen and oxygen atoms in total. The lowest BCUT2D eigenvalue weighted by Crippen LogP contribution is -2.14. The van der Waals surface area contributed by atoms with Gasteiger partial charge < -0.3 is 11.5 Å². The maximum atomic E-state index is 11.1. The zero-order valence-corrected chi connectivity index (χ0v) is 9.40. The quantitative estimate of drug-likeness (QED) is 0.663. The van der Waals surface area contributed by atoms with E-state index in [4.69, 9.17) is 11.5 Å². The minimum atomic E-state index is -0.589. The summed E-state index contributed by atoms with van der Waals surface area (Å²) in [4.78, 5) is 11.1. The molecule has 1 heterocycles. The Labute approximate surface area is 98.0 Å². The second-order valence-corrected chi connectivity index (χ2v) is 3.87. The normalized spacial score (nSPS) is 10.4. The highest BCUT2D eigenvalue weighted by Gasteiger charge is 2.13. The minimum absolute atomic E-state index is 0.171. The number of aromatic amines is 1. The summed E-state index contributed by atoms with van der Waals surface area (Å²) in [6.07, 6.45) is 0.496. The summed E-state index contributed by atoms with van der Waals surface area (Å²) in [5.41, 5.74) is 14.5. The van der Waals surface area contributed by atoms with Crippen molar-refractivity contribution in [2.75, 3.05) is 5.73 Å². The second kappa shape index (κ2) is 4.25. The van der Waals surface area contributed by atoms with Gasteiger partial charge in [-0.3, -0.25) is 9.89 Å². The Balaban J connectivity index is 2.28. The second-order valence-electron chi connectivity index (χ2n) is 3.87. The molecular weight excluding hydrogens is 218 g/mol. The van der Waals surface area contributed by atoms with Crippen molar-refractivity contribution in [2.45, 2.75) is 13.3 Å². The molecule has 0 saturated heterocycles. The van der Waals surface area contributed by atoms with Crippen molar-refractivity contribution in [1.82, 2.24) is 15.4 Å². The molecule has 1 aromatic heterocycles. The van der Waals surface area contributed by atoms with Crippen LogP contribution in [0.1, 0.15) is 27.3 Å². The first-order chi connectivity index (χ1) is 8.08. The zero-order valence-electron chi connectivity index (χ0n) is 9.40. The fraction of sp³-hybridized carbons (Fsp3) is 0.182. The smallest absolute Gasteiger partial charge is 0.271 e. The number of carbonyl (C=O) groups excluding carboxylic acids is 1. The Morgan fingerprint density at radius 3 is 2.88 bits per heavy atom. The first-order valence-electron chi connectivity index (χ1n) is 5.12. The van der Waals surface area contributed by atoms with E-state index in [1.165, 1.54) is 0 Å². The molecule has 0 aliphatic rings. The molecule has 0 unspecified atom stereocenters. The Bertz CT molecular complexity index is 561. The molecule has 0 bridgehead atoms. The van der Waals surface area contributed by atoms with Gasteiger partial charge in [-0.15, -0.1) is 5.10 Å². The highest BCUT2D eigenvalue weighted by molar-refractivity contribution is 5.91. The number of hydrogen-bond acceptors (Lipinski definition) is 4. The van der Waals surface area contributed by atoms with E-state index in [1.54, 1.807) is 0 Å². The van der Waals surface area contributed by atoms with Crippen LogP contribution in [-0.4, -0.2) is 21.3 Å². The zero-order chi connectivity index (χ0) is 12.4. The lowest BCUT2D eigenvalue weighted by Gasteiger charge is -2.04. The predicted molar refractivity (Wildman–Crippen MR) is 63.3 cm³/mol. The van der Waals surface area contributed by atoms with E-state index in [9.17, 15) is 4.79 Å². The third-order valence-corrected chi connectivity index (χ3v) is 2.58. The first-order valence-corrected chi connectivity index (χ1v) is 5.12. The lowest BCUT2D eigenvalue weighted by molar-refractivity contribution is 0.0994. The molecule has 1 amide bonds. The van der Waals surface area contributed by atoms with Crippen LogP contribution in [0.2, 0.25) is 0 Å². The summed E-state index contributed by atoms with van der Waals surface area (Å²) >= 11 is 0. The number of nitrogens with zero attached hydrogens (tertiary/aromatic N) is 2. The van der Waals surface area contributed by atoms with Gasteiger partial charge in [0.05, 0.1) is 5.69 Å². The average Bonchev–Trinajstić information content (AvgIpc) is 2.72. The monoisotopic (exact) mass is 231 g/mol. The van der Waals surface area contributed by atoms with E-state index in [2.05, 4.69) is 15.4 Å². The highest BCUT2D eigenvalue weighted by atomic mass is 16.1. The number of nitrogens with one attached hydrogen (secondary N) is 1. The molecule has 2 rings (SSSR count).